The van der Waals surface area contributed by atoms with E-state index in [-0.39, 0.29) is 33.4 Å². The minimum absolute atomic E-state index is 0.0279. The van der Waals surface area contributed by atoms with Gasteiger partial charge in [-0.15, -0.1) is 0 Å². The summed E-state index contributed by atoms with van der Waals surface area (Å²) in [7, 11) is -4.45. The van der Waals surface area contributed by atoms with Crippen LogP contribution in [0.5, 0.6) is 11.5 Å². The van der Waals surface area contributed by atoms with Crippen LogP contribution in [-0.4, -0.2) is 36.6 Å². The van der Waals surface area contributed by atoms with Crippen molar-refractivity contribution in [2.24, 2.45) is 0 Å². The molecule has 0 heterocycles. The van der Waals surface area contributed by atoms with Crippen molar-refractivity contribution < 1.29 is 37.1 Å². The summed E-state index contributed by atoms with van der Waals surface area (Å²) in [5.74, 6) is -2.18. The lowest BCUT2D eigenvalue weighted by Gasteiger charge is -2.15. The summed E-state index contributed by atoms with van der Waals surface area (Å²) in [5.41, 5.74) is 1.08. The highest BCUT2D eigenvalue weighted by Crippen LogP contribution is 2.32. The van der Waals surface area contributed by atoms with Gasteiger partial charge >= 0.3 is 11.9 Å². The van der Waals surface area contributed by atoms with Crippen molar-refractivity contribution >= 4 is 67.2 Å². The second-order valence-electron chi connectivity index (χ2n) is 7.02. The summed E-state index contributed by atoms with van der Waals surface area (Å²) in [6, 6.07) is 4.29. The third-order valence-corrected chi connectivity index (χ3v) is 7.26. The number of aromatic hydroxyl groups is 1. The van der Waals surface area contributed by atoms with E-state index in [1.165, 1.54) is 19.1 Å². The van der Waals surface area contributed by atoms with E-state index in [1.54, 1.807) is 26.8 Å². The number of hydrogen-bond donors (Lipinski definition) is 2. The van der Waals surface area contributed by atoms with E-state index in [0.29, 0.717) is 14.7 Å². The molecule has 2 rings (SSSR count). The number of rotatable bonds is 6. The van der Waals surface area contributed by atoms with E-state index < -0.39 is 28.7 Å². The standard InChI is InChI=1S/C20H20I2O8S/c1-9(2)12-6-15(10(3)5-16(12)31(26,27)28)30-17(23)8-29-20(25)18-11(4)13(21)7-14(22)19(18)24/h5-7,9,24H,8H2,1-4H3,(H,26,27,28). The van der Waals surface area contributed by atoms with E-state index in [0.717, 1.165) is 3.57 Å². The molecule has 0 fully saturated rings. The van der Waals surface area contributed by atoms with Gasteiger partial charge in [-0.3, -0.25) is 4.55 Å². The summed E-state index contributed by atoms with van der Waals surface area (Å²) in [5, 5.41) is 10.2. The van der Waals surface area contributed by atoms with Crippen molar-refractivity contribution in [3.05, 3.63) is 47.6 Å². The Bertz CT molecular complexity index is 1130. The smallest absolute Gasteiger partial charge is 0.349 e. The number of carbonyl (C=O) groups excluding carboxylic acids is 2. The van der Waals surface area contributed by atoms with Gasteiger partial charge in [0.15, 0.2) is 6.61 Å². The molecular weight excluding hydrogens is 654 g/mol. The molecule has 0 unspecified atom stereocenters. The van der Waals surface area contributed by atoms with Crippen LogP contribution in [0.2, 0.25) is 0 Å². The van der Waals surface area contributed by atoms with Crippen molar-refractivity contribution in [3.8, 4) is 11.5 Å². The van der Waals surface area contributed by atoms with E-state index in [4.69, 9.17) is 9.47 Å². The molecule has 0 radical (unpaired) electrons. The molecule has 2 aromatic carbocycles. The molecule has 8 nitrogen and oxygen atoms in total. The zero-order valence-electron chi connectivity index (χ0n) is 17.0. The van der Waals surface area contributed by atoms with Gasteiger partial charge in [-0.25, -0.2) is 9.59 Å². The summed E-state index contributed by atoms with van der Waals surface area (Å²) in [4.78, 5) is 24.4. The first-order chi connectivity index (χ1) is 14.2. The highest BCUT2D eigenvalue weighted by molar-refractivity contribution is 14.1. The van der Waals surface area contributed by atoms with Gasteiger partial charge in [-0.2, -0.15) is 8.42 Å². The maximum Gasteiger partial charge on any atom is 0.349 e. The van der Waals surface area contributed by atoms with Gasteiger partial charge in [0.05, 0.1) is 8.47 Å². The molecule has 0 spiro atoms. The Hall–Kier alpha value is -1.45. The molecule has 0 aromatic heterocycles. The third kappa shape index (κ3) is 6.08. The minimum Gasteiger partial charge on any atom is -0.506 e. The average Bonchev–Trinajstić information content (AvgIpc) is 2.65. The largest absolute Gasteiger partial charge is 0.506 e. The molecule has 2 N–H and O–H groups in total. The number of phenols is 1. The van der Waals surface area contributed by atoms with E-state index in [1.807, 2.05) is 45.2 Å². The molecule has 2 aromatic rings. The molecule has 168 valence electrons. The summed E-state index contributed by atoms with van der Waals surface area (Å²) in [6.07, 6.45) is 0. The second-order valence-corrected chi connectivity index (χ2v) is 10.7. The Kier molecular flexibility index (Phi) is 8.33. The van der Waals surface area contributed by atoms with Gasteiger partial charge in [0.25, 0.3) is 10.1 Å². The number of phenolic OH excluding ortho intramolecular Hbond substituents is 1. The molecule has 0 amide bonds. The average molecular weight is 674 g/mol. The fourth-order valence-corrected chi connectivity index (χ4v) is 5.44. The minimum atomic E-state index is -4.45. The van der Waals surface area contributed by atoms with Crippen LogP contribution >= 0.6 is 45.2 Å². The van der Waals surface area contributed by atoms with Gasteiger partial charge in [-0.05, 0) is 99.8 Å². The Morgan fingerprint density at radius 1 is 1.10 bits per heavy atom. The van der Waals surface area contributed by atoms with Crippen molar-refractivity contribution in [2.75, 3.05) is 6.61 Å². The summed E-state index contributed by atoms with van der Waals surface area (Å²) < 4.78 is 44.2. The summed E-state index contributed by atoms with van der Waals surface area (Å²) in [6.45, 7) is 5.91. The van der Waals surface area contributed by atoms with Gasteiger partial charge in [0.1, 0.15) is 17.1 Å². The quantitative estimate of drug-likeness (QED) is 0.201. The lowest BCUT2D eigenvalue weighted by Crippen LogP contribution is -2.20. The highest BCUT2D eigenvalue weighted by atomic mass is 127. The van der Waals surface area contributed by atoms with Gasteiger partial charge < -0.3 is 14.6 Å². The molecule has 0 atom stereocenters. The van der Waals surface area contributed by atoms with Gasteiger partial charge in [0.2, 0.25) is 0 Å². The highest BCUT2D eigenvalue weighted by Gasteiger charge is 2.24. The van der Waals surface area contributed by atoms with Crippen LogP contribution in [0, 0.1) is 21.0 Å². The normalized spacial score (nSPS) is 11.5. The molecule has 0 saturated heterocycles. The van der Waals surface area contributed by atoms with Gasteiger partial charge in [-0.1, -0.05) is 13.8 Å². The molecule has 0 aliphatic heterocycles. The molecule has 0 aliphatic carbocycles. The van der Waals surface area contributed by atoms with Crippen molar-refractivity contribution in [1.29, 1.82) is 0 Å². The monoisotopic (exact) mass is 674 g/mol. The molecular formula is C20H20I2O8S. The Morgan fingerprint density at radius 2 is 1.71 bits per heavy atom. The fraction of sp³-hybridized carbons (Fsp3) is 0.300. The van der Waals surface area contributed by atoms with Crippen LogP contribution in [-0.2, 0) is 19.6 Å². The Labute approximate surface area is 207 Å². The van der Waals surface area contributed by atoms with E-state index >= 15 is 0 Å². The first-order valence-corrected chi connectivity index (χ1v) is 12.5. The van der Waals surface area contributed by atoms with Crippen molar-refractivity contribution in [3.63, 3.8) is 0 Å². The molecule has 0 aliphatic rings. The topological polar surface area (TPSA) is 127 Å². The third-order valence-electron chi connectivity index (χ3n) is 4.41. The first kappa shape index (κ1) is 25.8. The van der Waals surface area contributed by atoms with Crippen LogP contribution < -0.4 is 4.74 Å². The number of hydrogen-bond acceptors (Lipinski definition) is 7. The predicted molar refractivity (Wildman–Crippen MR) is 129 cm³/mol. The van der Waals surface area contributed by atoms with Crippen LogP contribution in [0.15, 0.2) is 23.1 Å². The fourth-order valence-electron chi connectivity index (χ4n) is 2.76. The van der Waals surface area contributed by atoms with Crippen molar-refractivity contribution in [1.82, 2.24) is 0 Å². The van der Waals surface area contributed by atoms with Crippen LogP contribution in [0.1, 0.15) is 46.8 Å². The second kappa shape index (κ2) is 10.0. The van der Waals surface area contributed by atoms with E-state index in [2.05, 4.69) is 0 Å². The van der Waals surface area contributed by atoms with Crippen LogP contribution in [0.3, 0.4) is 0 Å². The Balaban J connectivity index is 2.21. The zero-order chi connectivity index (χ0) is 23.7. The van der Waals surface area contributed by atoms with Crippen LogP contribution in [0.25, 0.3) is 0 Å². The first-order valence-electron chi connectivity index (χ1n) is 8.91. The van der Waals surface area contributed by atoms with Gasteiger partial charge in [0, 0.05) is 3.57 Å². The number of aryl methyl sites for hydroxylation is 1. The molecule has 0 saturated carbocycles. The van der Waals surface area contributed by atoms with Crippen LogP contribution in [0.4, 0.5) is 0 Å². The van der Waals surface area contributed by atoms with Crippen molar-refractivity contribution in [2.45, 2.75) is 38.5 Å². The predicted octanol–water partition coefficient (Wildman–Crippen LogP) is 4.35. The number of benzene rings is 2. The number of esters is 2. The summed E-state index contributed by atoms with van der Waals surface area (Å²) >= 11 is 3.91. The SMILES string of the molecule is Cc1cc(S(=O)(=O)O)c(C(C)C)cc1OC(=O)COC(=O)c1c(C)c(I)cc(I)c1O. The lowest BCUT2D eigenvalue weighted by atomic mass is 10.0. The van der Waals surface area contributed by atoms with E-state index in [9.17, 15) is 27.7 Å². The number of halogens is 2. The molecule has 0 bridgehead atoms. The maximum absolute atomic E-state index is 12.4. The Morgan fingerprint density at radius 3 is 2.26 bits per heavy atom. The number of carbonyl (C=O) groups is 2. The molecule has 11 heteroatoms. The maximum atomic E-state index is 12.4. The number of ether oxygens (including phenoxy) is 2. The molecule has 31 heavy (non-hydrogen) atoms. The zero-order valence-corrected chi connectivity index (χ0v) is 22.2. The lowest BCUT2D eigenvalue weighted by molar-refractivity contribution is -0.137.